The van der Waals surface area contributed by atoms with E-state index in [0.717, 1.165) is 10.4 Å². The molecule has 1 atom stereocenters. The van der Waals surface area contributed by atoms with Gasteiger partial charge in [0.15, 0.2) is 0 Å². The molecule has 28 heavy (non-hydrogen) atoms. The predicted octanol–water partition coefficient (Wildman–Crippen LogP) is 5.51. The Bertz CT molecular complexity index is 1150. The van der Waals surface area contributed by atoms with Crippen LogP contribution in [0.4, 0.5) is 4.39 Å². The van der Waals surface area contributed by atoms with Crippen molar-refractivity contribution in [3.63, 3.8) is 0 Å². The van der Waals surface area contributed by atoms with E-state index in [0.29, 0.717) is 28.1 Å². The number of halogens is 1. The zero-order chi connectivity index (χ0) is 19.3. The molecule has 1 aromatic heterocycles. The Labute approximate surface area is 169 Å². The summed E-state index contributed by atoms with van der Waals surface area (Å²) >= 11 is 2.84. The normalized spacial score (nSPS) is 19.8. The minimum Gasteiger partial charge on any atom is -0.317 e. The Kier molecular flexibility index (Phi) is 4.18. The monoisotopic (exact) mass is 407 g/mol. The molecule has 2 aliphatic rings. The fraction of sp³-hybridized carbons (Fsp3) is 0.0909. The van der Waals surface area contributed by atoms with Crippen LogP contribution in [0.1, 0.15) is 42.1 Å². The summed E-state index contributed by atoms with van der Waals surface area (Å²) < 4.78 is 13.6. The van der Waals surface area contributed by atoms with Crippen molar-refractivity contribution in [3.8, 4) is 0 Å². The van der Waals surface area contributed by atoms with Crippen molar-refractivity contribution in [2.75, 3.05) is 0 Å². The molecular formula is C22H14FNO2S2. The Hall–Kier alpha value is -2.70. The first kappa shape index (κ1) is 17.4. The standard InChI is InChI=1S/C22H14FNO2S2/c23-14-5-3-4-13(10-14)11-18-20(25)17-8-9-27-19(17)12-24-21(26)15-6-1-2-7-16(15)22(24)28-18/h1-11,22H,12H2/b18-11-/t22-/m0/s1. The van der Waals surface area contributed by atoms with Crippen LogP contribution in [0.3, 0.4) is 0 Å². The van der Waals surface area contributed by atoms with Crippen molar-refractivity contribution in [3.05, 3.63) is 97.8 Å². The molecule has 0 spiro atoms. The average molecular weight is 407 g/mol. The molecule has 2 aliphatic heterocycles. The van der Waals surface area contributed by atoms with Crippen LogP contribution in [0.2, 0.25) is 0 Å². The number of rotatable bonds is 1. The van der Waals surface area contributed by atoms with Gasteiger partial charge in [0.1, 0.15) is 11.2 Å². The SMILES string of the molecule is O=C1/C(=C/c2cccc(F)c2)S[C@H]2c3ccccc3C(=O)N2Cc2sccc21. The summed E-state index contributed by atoms with van der Waals surface area (Å²) in [5, 5.41) is 1.60. The van der Waals surface area contributed by atoms with Gasteiger partial charge in [-0.2, -0.15) is 0 Å². The lowest BCUT2D eigenvalue weighted by molar-refractivity contribution is 0.0760. The second kappa shape index (κ2) is 6.72. The number of hydrogen-bond donors (Lipinski definition) is 0. The Morgan fingerprint density at radius 3 is 2.75 bits per heavy atom. The number of thioether (sulfide) groups is 1. The summed E-state index contributed by atoms with van der Waals surface area (Å²) in [4.78, 5) is 29.4. The van der Waals surface area contributed by atoms with Crippen LogP contribution in [-0.2, 0) is 6.54 Å². The molecular weight excluding hydrogens is 393 g/mol. The van der Waals surface area contributed by atoms with Crippen molar-refractivity contribution in [2.24, 2.45) is 0 Å². The number of amides is 1. The summed E-state index contributed by atoms with van der Waals surface area (Å²) in [7, 11) is 0. The van der Waals surface area contributed by atoms with Gasteiger partial charge in [0.2, 0.25) is 5.78 Å². The second-order valence-corrected chi connectivity index (χ2v) is 8.76. The van der Waals surface area contributed by atoms with Gasteiger partial charge >= 0.3 is 0 Å². The van der Waals surface area contributed by atoms with Crippen molar-refractivity contribution in [2.45, 2.75) is 11.9 Å². The molecule has 0 unspecified atom stereocenters. The first-order valence-corrected chi connectivity index (χ1v) is 10.5. The lowest BCUT2D eigenvalue weighted by Crippen LogP contribution is -2.28. The van der Waals surface area contributed by atoms with Crippen molar-refractivity contribution in [1.29, 1.82) is 0 Å². The smallest absolute Gasteiger partial charge is 0.255 e. The topological polar surface area (TPSA) is 37.4 Å². The van der Waals surface area contributed by atoms with Crippen LogP contribution < -0.4 is 0 Å². The Morgan fingerprint density at radius 2 is 1.89 bits per heavy atom. The number of fused-ring (bicyclic) bond motifs is 4. The maximum Gasteiger partial charge on any atom is 0.255 e. The van der Waals surface area contributed by atoms with Crippen LogP contribution in [0, 0.1) is 5.82 Å². The molecule has 0 saturated carbocycles. The van der Waals surface area contributed by atoms with E-state index in [-0.39, 0.29) is 22.9 Å². The number of ketones is 1. The van der Waals surface area contributed by atoms with Gasteiger partial charge in [0.25, 0.3) is 5.91 Å². The third-order valence-corrected chi connectivity index (χ3v) is 7.11. The number of thiophene rings is 1. The largest absolute Gasteiger partial charge is 0.317 e. The van der Waals surface area contributed by atoms with Gasteiger partial charge in [0.05, 0.1) is 11.4 Å². The van der Waals surface area contributed by atoms with Gasteiger partial charge in [-0.3, -0.25) is 9.59 Å². The minimum absolute atomic E-state index is 0.0214. The number of Topliss-reactive ketones (excluding diaryl/α,β-unsaturated/α-hetero) is 1. The molecule has 3 heterocycles. The van der Waals surface area contributed by atoms with E-state index in [2.05, 4.69) is 0 Å². The van der Waals surface area contributed by atoms with Crippen LogP contribution in [0.15, 0.2) is 64.9 Å². The molecule has 0 saturated heterocycles. The van der Waals surface area contributed by atoms with E-state index < -0.39 is 0 Å². The minimum atomic E-state index is -0.350. The molecule has 0 aliphatic carbocycles. The molecule has 0 bridgehead atoms. The van der Waals surface area contributed by atoms with E-state index in [1.165, 1.54) is 35.2 Å². The number of carbonyl (C=O) groups is 2. The first-order valence-electron chi connectivity index (χ1n) is 8.77. The van der Waals surface area contributed by atoms with Crippen LogP contribution >= 0.6 is 23.1 Å². The average Bonchev–Trinajstić information content (AvgIpc) is 3.25. The summed E-state index contributed by atoms with van der Waals surface area (Å²) in [6.07, 6.45) is 1.71. The van der Waals surface area contributed by atoms with Gasteiger partial charge in [0, 0.05) is 16.0 Å². The van der Waals surface area contributed by atoms with Gasteiger partial charge in [-0.15, -0.1) is 11.3 Å². The highest BCUT2D eigenvalue weighted by Gasteiger charge is 2.40. The molecule has 1 amide bonds. The number of hydrogen-bond acceptors (Lipinski definition) is 4. The fourth-order valence-electron chi connectivity index (χ4n) is 3.59. The first-order chi connectivity index (χ1) is 13.6. The Balaban J connectivity index is 1.67. The third-order valence-electron chi connectivity index (χ3n) is 4.91. The molecule has 3 aromatic rings. The number of allylic oxidation sites excluding steroid dienone is 1. The number of benzene rings is 2. The number of nitrogens with zero attached hydrogens (tertiary/aromatic N) is 1. The highest BCUT2D eigenvalue weighted by molar-refractivity contribution is 8.04. The van der Waals surface area contributed by atoms with E-state index in [1.807, 2.05) is 34.5 Å². The van der Waals surface area contributed by atoms with Crippen molar-refractivity contribution < 1.29 is 14.0 Å². The van der Waals surface area contributed by atoms with E-state index >= 15 is 0 Å². The molecule has 138 valence electrons. The zero-order valence-electron chi connectivity index (χ0n) is 14.6. The van der Waals surface area contributed by atoms with Gasteiger partial charge in [-0.1, -0.05) is 42.1 Å². The second-order valence-electron chi connectivity index (χ2n) is 6.64. The van der Waals surface area contributed by atoms with Gasteiger partial charge < -0.3 is 4.90 Å². The highest BCUT2D eigenvalue weighted by Crippen LogP contribution is 2.48. The van der Waals surface area contributed by atoms with E-state index in [4.69, 9.17) is 0 Å². The van der Waals surface area contributed by atoms with Gasteiger partial charge in [-0.25, -0.2) is 4.39 Å². The van der Waals surface area contributed by atoms with E-state index in [9.17, 15) is 14.0 Å². The molecule has 3 nitrogen and oxygen atoms in total. The lowest BCUT2D eigenvalue weighted by atomic mass is 10.1. The molecule has 0 N–H and O–H groups in total. The maximum atomic E-state index is 13.6. The van der Waals surface area contributed by atoms with Crippen LogP contribution in [0.5, 0.6) is 0 Å². The Morgan fingerprint density at radius 1 is 1.04 bits per heavy atom. The summed E-state index contributed by atoms with van der Waals surface area (Å²) in [5.41, 5.74) is 2.83. The highest BCUT2D eigenvalue weighted by atomic mass is 32.2. The molecule has 2 aromatic carbocycles. The lowest BCUT2D eigenvalue weighted by Gasteiger charge is -2.27. The third kappa shape index (κ3) is 2.80. The quantitative estimate of drug-likeness (QED) is 0.499. The maximum absolute atomic E-state index is 13.6. The van der Waals surface area contributed by atoms with Gasteiger partial charge in [-0.05, 0) is 46.8 Å². The molecule has 6 heteroatoms. The number of carbonyl (C=O) groups excluding carboxylic acids is 2. The summed E-state index contributed by atoms with van der Waals surface area (Å²) in [6.45, 7) is 0.414. The van der Waals surface area contributed by atoms with E-state index in [1.54, 1.807) is 24.3 Å². The molecule has 0 fully saturated rings. The van der Waals surface area contributed by atoms with Crippen molar-refractivity contribution in [1.82, 2.24) is 4.90 Å². The molecule has 5 rings (SSSR count). The van der Waals surface area contributed by atoms with Crippen LogP contribution in [0.25, 0.3) is 6.08 Å². The fourth-order valence-corrected chi connectivity index (χ4v) is 5.75. The van der Waals surface area contributed by atoms with Crippen molar-refractivity contribution >= 4 is 40.9 Å². The summed E-state index contributed by atoms with van der Waals surface area (Å²) in [5.74, 6) is -0.453. The predicted molar refractivity (Wildman–Crippen MR) is 110 cm³/mol. The zero-order valence-corrected chi connectivity index (χ0v) is 16.2. The summed E-state index contributed by atoms with van der Waals surface area (Å²) in [6, 6.07) is 15.5. The van der Waals surface area contributed by atoms with Crippen LogP contribution in [-0.4, -0.2) is 16.6 Å². The molecule has 0 radical (unpaired) electrons.